The minimum absolute atomic E-state index is 0.246. The van der Waals surface area contributed by atoms with Crippen molar-refractivity contribution in [2.75, 3.05) is 12.5 Å². The molecule has 10 heteroatoms. The van der Waals surface area contributed by atoms with Gasteiger partial charge in [-0.25, -0.2) is 4.98 Å². The summed E-state index contributed by atoms with van der Waals surface area (Å²) in [5.74, 6) is 0.396. The lowest BCUT2D eigenvalue weighted by Gasteiger charge is -2.09. The van der Waals surface area contributed by atoms with Crippen molar-refractivity contribution in [3.05, 3.63) is 65.7 Å². The fourth-order valence-electron chi connectivity index (χ4n) is 2.30. The van der Waals surface area contributed by atoms with Crippen LogP contribution in [0.5, 0.6) is 11.5 Å². The maximum atomic E-state index is 12.2. The molecule has 0 aliphatic heterocycles. The van der Waals surface area contributed by atoms with Gasteiger partial charge in [0, 0.05) is 5.69 Å². The van der Waals surface area contributed by atoms with Gasteiger partial charge in [0.05, 0.1) is 19.0 Å². The molecule has 3 rings (SSSR count). The fourth-order valence-corrected chi connectivity index (χ4v) is 2.48. The van der Waals surface area contributed by atoms with Gasteiger partial charge in [0.2, 0.25) is 0 Å². The third-order valence-electron chi connectivity index (χ3n) is 3.58. The van der Waals surface area contributed by atoms with Crippen LogP contribution in [0.1, 0.15) is 5.69 Å². The molecule has 0 radical (unpaired) electrons. The van der Waals surface area contributed by atoms with Crippen molar-refractivity contribution < 1.29 is 22.6 Å². The molecule has 0 bridgehead atoms. The van der Waals surface area contributed by atoms with Crippen molar-refractivity contribution in [3.8, 4) is 17.2 Å². The summed E-state index contributed by atoms with van der Waals surface area (Å²) in [6.45, 7) is 0. The molecule has 0 amide bonds. The van der Waals surface area contributed by atoms with Gasteiger partial charge in [-0.15, -0.1) is 13.2 Å². The molecule has 1 heterocycles. The van der Waals surface area contributed by atoms with E-state index in [1.54, 1.807) is 30.1 Å². The maximum absolute atomic E-state index is 12.2. The third kappa shape index (κ3) is 4.95. The second-order valence-electron chi connectivity index (χ2n) is 5.43. The molecular weight excluding hydrogens is 397 g/mol. The maximum Gasteiger partial charge on any atom is 0.573 e. The SMILES string of the molecule is COc1ccc(-n2cnc(Cl)c2C=NNc2ccc(OC(F)(F)F)cc2)cc1. The van der Waals surface area contributed by atoms with Crippen LogP contribution in [0.25, 0.3) is 5.69 Å². The smallest absolute Gasteiger partial charge is 0.497 e. The van der Waals surface area contributed by atoms with E-state index >= 15 is 0 Å². The number of anilines is 1. The molecule has 1 N–H and O–H groups in total. The van der Waals surface area contributed by atoms with Gasteiger partial charge in [-0.05, 0) is 48.5 Å². The number of halogens is 4. The van der Waals surface area contributed by atoms with Crippen molar-refractivity contribution in [1.29, 1.82) is 0 Å². The van der Waals surface area contributed by atoms with Crippen LogP contribution in [0.3, 0.4) is 0 Å². The van der Waals surface area contributed by atoms with Crippen LogP contribution in [0.2, 0.25) is 5.15 Å². The van der Waals surface area contributed by atoms with E-state index in [1.807, 2.05) is 12.1 Å². The van der Waals surface area contributed by atoms with E-state index in [0.29, 0.717) is 17.1 Å². The first kappa shape index (κ1) is 19.6. The molecule has 6 nitrogen and oxygen atoms in total. The lowest BCUT2D eigenvalue weighted by molar-refractivity contribution is -0.274. The molecule has 0 atom stereocenters. The number of alkyl halides is 3. The molecule has 0 aliphatic carbocycles. The number of rotatable bonds is 6. The second-order valence-corrected chi connectivity index (χ2v) is 5.79. The molecule has 146 valence electrons. The van der Waals surface area contributed by atoms with Gasteiger partial charge in [-0.3, -0.25) is 9.99 Å². The quantitative estimate of drug-likeness (QED) is 0.465. The predicted molar refractivity (Wildman–Crippen MR) is 99.5 cm³/mol. The lowest BCUT2D eigenvalue weighted by atomic mass is 10.3. The Balaban J connectivity index is 1.71. The number of benzene rings is 2. The minimum atomic E-state index is -4.73. The van der Waals surface area contributed by atoms with E-state index in [9.17, 15) is 13.2 Å². The van der Waals surface area contributed by atoms with E-state index in [-0.39, 0.29) is 10.9 Å². The number of ether oxygens (including phenoxy) is 2. The summed E-state index contributed by atoms with van der Waals surface area (Å²) in [5, 5.41) is 4.31. The van der Waals surface area contributed by atoms with Crippen molar-refractivity contribution >= 4 is 23.5 Å². The van der Waals surface area contributed by atoms with Gasteiger partial charge in [-0.1, -0.05) is 11.6 Å². The van der Waals surface area contributed by atoms with Gasteiger partial charge in [0.1, 0.15) is 23.5 Å². The Labute approximate surface area is 163 Å². The predicted octanol–water partition coefficient (Wildman–Crippen LogP) is 4.88. The second kappa shape index (κ2) is 8.22. The summed E-state index contributed by atoms with van der Waals surface area (Å²) in [4.78, 5) is 4.06. The topological polar surface area (TPSA) is 60.7 Å². The van der Waals surface area contributed by atoms with E-state index < -0.39 is 6.36 Å². The first-order valence-electron chi connectivity index (χ1n) is 7.88. The third-order valence-corrected chi connectivity index (χ3v) is 3.87. The molecule has 3 aromatic rings. The molecule has 1 aromatic heterocycles. The summed E-state index contributed by atoms with van der Waals surface area (Å²) in [6.07, 6.45) is -1.72. The standard InChI is InChI=1S/C18H14ClF3N4O2/c1-27-14-8-4-13(5-9-14)26-11-23-17(19)16(26)10-24-25-12-2-6-15(7-3-12)28-18(20,21)22/h2-11,25H,1H3. The van der Waals surface area contributed by atoms with Crippen molar-refractivity contribution in [2.24, 2.45) is 5.10 Å². The highest BCUT2D eigenvalue weighted by molar-refractivity contribution is 6.31. The monoisotopic (exact) mass is 410 g/mol. The number of methoxy groups -OCH3 is 1. The van der Waals surface area contributed by atoms with Crippen LogP contribution in [0.15, 0.2) is 60.0 Å². The molecule has 0 saturated carbocycles. The molecule has 0 unspecified atom stereocenters. The summed E-state index contributed by atoms with van der Waals surface area (Å²) >= 11 is 6.12. The highest BCUT2D eigenvalue weighted by Gasteiger charge is 2.30. The minimum Gasteiger partial charge on any atom is -0.497 e. The zero-order valence-electron chi connectivity index (χ0n) is 14.4. The number of hydrogen-bond acceptors (Lipinski definition) is 5. The van der Waals surface area contributed by atoms with Crippen molar-refractivity contribution in [1.82, 2.24) is 9.55 Å². The van der Waals surface area contributed by atoms with Crippen LogP contribution >= 0.6 is 11.6 Å². The van der Waals surface area contributed by atoms with Crippen LogP contribution in [0, 0.1) is 0 Å². The summed E-state index contributed by atoms with van der Waals surface area (Å²) in [6, 6.07) is 12.4. The summed E-state index contributed by atoms with van der Waals surface area (Å²) in [5.41, 5.74) is 4.51. The average Bonchev–Trinajstić information content (AvgIpc) is 3.03. The van der Waals surface area contributed by atoms with E-state index in [4.69, 9.17) is 16.3 Å². The van der Waals surface area contributed by atoms with Crippen molar-refractivity contribution in [3.63, 3.8) is 0 Å². The average molecular weight is 411 g/mol. The Morgan fingerprint density at radius 1 is 1.07 bits per heavy atom. The van der Waals surface area contributed by atoms with E-state index in [2.05, 4.69) is 20.2 Å². The fraction of sp³-hybridized carbons (Fsp3) is 0.111. The highest BCUT2D eigenvalue weighted by Crippen LogP contribution is 2.24. The van der Waals surface area contributed by atoms with Gasteiger partial charge < -0.3 is 9.47 Å². The van der Waals surface area contributed by atoms with E-state index in [0.717, 1.165) is 5.69 Å². The number of nitrogens with zero attached hydrogens (tertiary/aromatic N) is 3. The molecule has 0 fully saturated rings. The largest absolute Gasteiger partial charge is 0.573 e. The Morgan fingerprint density at radius 3 is 2.32 bits per heavy atom. The summed E-state index contributed by atoms with van der Waals surface area (Å²) < 4.78 is 47.2. The number of imidazole rings is 1. The number of nitrogens with one attached hydrogen (secondary N) is 1. The molecular formula is C18H14ClF3N4O2. The lowest BCUT2D eigenvalue weighted by Crippen LogP contribution is -2.16. The van der Waals surface area contributed by atoms with Crippen LogP contribution < -0.4 is 14.9 Å². The van der Waals surface area contributed by atoms with E-state index in [1.165, 1.54) is 30.5 Å². The number of hydrazone groups is 1. The molecule has 28 heavy (non-hydrogen) atoms. The van der Waals surface area contributed by atoms with Crippen LogP contribution in [-0.4, -0.2) is 29.2 Å². The Morgan fingerprint density at radius 2 is 1.71 bits per heavy atom. The van der Waals surface area contributed by atoms with Gasteiger partial charge >= 0.3 is 6.36 Å². The normalized spacial score (nSPS) is 11.6. The zero-order valence-corrected chi connectivity index (χ0v) is 15.2. The first-order chi connectivity index (χ1) is 13.4. The highest BCUT2D eigenvalue weighted by atomic mass is 35.5. The molecule has 0 aliphatic rings. The van der Waals surface area contributed by atoms with Crippen LogP contribution in [-0.2, 0) is 0 Å². The Bertz CT molecular complexity index is 954. The summed E-state index contributed by atoms with van der Waals surface area (Å²) in [7, 11) is 1.58. The molecule has 2 aromatic carbocycles. The first-order valence-corrected chi connectivity index (χ1v) is 8.25. The van der Waals surface area contributed by atoms with Crippen molar-refractivity contribution in [2.45, 2.75) is 6.36 Å². The van der Waals surface area contributed by atoms with Gasteiger partial charge in [0.25, 0.3) is 0 Å². The number of aromatic nitrogens is 2. The molecule has 0 saturated heterocycles. The van der Waals surface area contributed by atoms with Gasteiger partial charge in [0.15, 0.2) is 5.15 Å². The zero-order chi connectivity index (χ0) is 20.1. The Kier molecular flexibility index (Phi) is 5.74. The van der Waals surface area contributed by atoms with Crippen LogP contribution in [0.4, 0.5) is 18.9 Å². The van der Waals surface area contributed by atoms with Gasteiger partial charge in [-0.2, -0.15) is 5.10 Å². The number of hydrogen-bond donors (Lipinski definition) is 1. The Hall–Kier alpha value is -3.20. The molecule has 0 spiro atoms.